The molecule has 3 aromatic rings. The number of hydrogen-bond donors (Lipinski definition) is 3. The summed E-state index contributed by atoms with van der Waals surface area (Å²) in [5.41, 5.74) is 3.30. The summed E-state index contributed by atoms with van der Waals surface area (Å²) in [7, 11) is -3.76. The standard InChI is InChI=1S/C25H27N3O4S2/c1-16(2)32-23-8-6-5-7-21(23)24(29)27-25(33)26-19-10-12-20(13-11-19)34(30,31)28-22-14-9-17(3)15-18(22)4/h5-16,28H,1-4H3,(H2,26,27,29,33). The topological polar surface area (TPSA) is 96.5 Å². The van der Waals surface area contributed by atoms with Crippen molar-refractivity contribution < 1.29 is 17.9 Å². The van der Waals surface area contributed by atoms with Crippen LogP contribution in [0.4, 0.5) is 11.4 Å². The predicted octanol–water partition coefficient (Wildman–Crippen LogP) is 5.02. The van der Waals surface area contributed by atoms with Gasteiger partial charge in [0.25, 0.3) is 15.9 Å². The molecule has 0 fully saturated rings. The predicted molar refractivity (Wildman–Crippen MR) is 139 cm³/mol. The van der Waals surface area contributed by atoms with Crippen LogP contribution in [0, 0.1) is 13.8 Å². The van der Waals surface area contributed by atoms with E-state index in [1.54, 1.807) is 42.5 Å². The lowest BCUT2D eigenvalue weighted by Crippen LogP contribution is -2.34. The van der Waals surface area contributed by atoms with Gasteiger partial charge in [-0.15, -0.1) is 0 Å². The lowest BCUT2D eigenvalue weighted by molar-refractivity contribution is 0.0972. The molecular weight excluding hydrogens is 470 g/mol. The molecule has 0 radical (unpaired) electrons. The molecule has 0 aromatic heterocycles. The number of rotatable bonds is 7. The summed E-state index contributed by atoms with van der Waals surface area (Å²) < 4.78 is 33.8. The van der Waals surface area contributed by atoms with E-state index in [1.807, 2.05) is 39.8 Å². The third kappa shape index (κ3) is 6.55. The Kier molecular flexibility index (Phi) is 7.90. The molecular formula is C25H27N3O4S2. The van der Waals surface area contributed by atoms with E-state index in [9.17, 15) is 13.2 Å². The molecule has 9 heteroatoms. The van der Waals surface area contributed by atoms with Crippen molar-refractivity contribution in [2.24, 2.45) is 0 Å². The number of carbonyl (C=O) groups excluding carboxylic acids is 1. The van der Waals surface area contributed by atoms with Crippen molar-refractivity contribution in [3.63, 3.8) is 0 Å². The van der Waals surface area contributed by atoms with Crippen molar-refractivity contribution in [2.75, 3.05) is 10.0 Å². The first-order valence-corrected chi connectivity index (χ1v) is 12.5. The van der Waals surface area contributed by atoms with Crippen LogP contribution in [0.2, 0.25) is 0 Å². The molecule has 0 aliphatic heterocycles. The Hall–Kier alpha value is -3.43. The van der Waals surface area contributed by atoms with Crippen LogP contribution in [0.1, 0.15) is 35.3 Å². The first-order valence-electron chi connectivity index (χ1n) is 10.6. The maximum absolute atomic E-state index is 12.8. The van der Waals surface area contributed by atoms with Gasteiger partial charge in [-0.25, -0.2) is 8.42 Å². The van der Waals surface area contributed by atoms with Gasteiger partial charge in [0.2, 0.25) is 0 Å². The molecule has 3 rings (SSSR count). The third-order valence-corrected chi connectivity index (χ3v) is 6.36. The van der Waals surface area contributed by atoms with Crippen LogP contribution < -0.4 is 20.1 Å². The van der Waals surface area contributed by atoms with Crippen LogP contribution in [0.25, 0.3) is 0 Å². The first kappa shape index (κ1) is 25.2. The van der Waals surface area contributed by atoms with Crippen molar-refractivity contribution in [1.29, 1.82) is 0 Å². The van der Waals surface area contributed by atoms with Crippen molar-refractivity contribution in [3.05, 3.63) is 83.4 Å². The number of anilines is 2. The number of sulfonamides is 1. The average Bonchev–Trinajstić information content (AvgIpc) is 2.76. The van der Waals surface area contributed by atoms with E-state index in [1.165, 1.54) is 12.1 Å². The molecule has 0 heterocycles. The highest BCUT2D eigenvalue weighted by Crippen LogP contribution is 2.22. The van der Waals surface area contributed by atoms with E-state index < -0.39 is 15.9 Å². The lowest BCUT2D eigenvalue weighted by Gasteiger charge is -2.15. The molecule has 3 N–H and O–H groups in total. The van der Waals surface area contributed by atoms with E-state index in [2.05, 4.69) is 15.4 Å². The molecule has 0 saturated carbocycles. The zero-order valence-corrected chi connectivity index (χ0v) is 21.0. The summed E-state index contributed by atoms with van der Waals surface area (Å²) >= 11 is 5.25. The zero-order chi connectivity index (χ0) is 24.9. The maximum Gasteiger partial charge on any atom is 0.261 e. The van der Waals surface area contributed by atoms with Gasteiger partial charge in [-0.1, -0.05) is 29.8 Å². The van der Waals surface area contributed by atoms with Gasteiger partial charge in [-0.3, -0.25) is 14.8 Å². The first-order chi connectivity index (χ1) is 16.0. The van der Waals surface area contributed by atoms with Gasteiger partial charge in [-0.05, 0) is 87.9 Å². The number of thiocarbonyl (C=S) groups is 1. The highest BCUT2D eigenvalue weighted by atomic mass is 32.2. The Balaban J connectivity index is 1.65. The Morgan fingerprint density at radius 3 is 2.29 bits per heavy atom. The maximum atomic E-state index is 12.8. The molecule has 178 valence electrons. The fraction of sp³-hybridized carbons (Fsp3) is 0.200. The number of ether oxygens (including phenoxy) is 1. The lowest BCUT2D eigenvalue weighted by atomic mass is 10.1. The van der Waals surface area contributed by atoms with Crippen LogP contribution in [-0.4, -0.2) is 25.5 Å². The molecule has 34 heavy (non-hydrogen) atoms. The highest BCUT2D eigenvalue weighted by Gasteiger charge is 2.17. The normalized spacial score (nSPS) is 11.1. The number of amides is 1. The van der Waals surface area contributed by atoms with Crippen molar-refractivity contribution >= 4 is 44.6 Å². The fourth-order valence-corrected chi connectivity index (χ4v) is 4.53. The van der Waals surface area contributed by atoms with E-state index in [-0.39, 0.29) is 16.1 Å². The molecule has 3 aromatic carbocycles. The second kappa shape index (κ2) is 10.7. The number of para-hydroxylation sites is 1. The molecule has 0 aliphatic rings. The third-order valence-electron chi connectivity index (χ3n) is 4.77. The van der Waals surface area contributed by atoms with E-state index in [4.69, 9.17) is 17.0 Å². The number of benzene rings is 3. The summed E-state index contributed by atoms with van der Waals surface area (Å²) in [6.45, 7) is 7.55. The van der Waals surface area contributed by atoms with Crippen LogP contribution in [0.3, 0.4) is 0 Å². The van der Waals surface area contributed by atoms with Crippen LogP contribution in [0.5, 0.6) is 5.75 Å². The molecule has 1 amide bonds. The summed E-state index contributed by atoms with van der Waals surface area (Å²) in [6.07, 6.45) is -0.0850. The smallest absolute Gasteiger partial charge is 0.261 e. The summed E-state index contributed by atoms with van der Waals surface area (Å²) in [5, 5.41) is 5.58. The van der Waals surface area contributed by atoms with E-state index in [0.29, 0.717) is 22.7 Å². The Labute approximate surface area is 205 Å². The van der Waals surface area contributed by atoms with Gasteiger partial charge < -0.3 is 10.1 Å². The number of nitrogens with one attached hydrogen (secondary N) is 3. The molecule has 0 unspecified atom stereocenters. The van der Waals surface area contributed by atoms with Crippen molar-refractivity contribution in [2.45, 2.75) is 38.7 Å². The fourth-order valence-electron chi connectivity index (χ4n) is 3.19. The van der Waals surface area contributed by atoms with Gasteiger partial charge in [0.1, 0.15) is 5.75 Å². The van der Waals surface area contributed by atoms with Crippen LogP contribution in [0.15, 0.2) is 71.6 Å². The minimum absolute atomic E-state index is 0.0772. The number of hydrogen-bond acceptors (Lipinski definition) is 5. The average molecular weight is 498 g/mol. The summed E-state index contributed by atoms with van der Waals surface area (Å²) in [4.78, 5) is 12.8. The monoisotopic (exact) mass is 497 g/mol. The highest BCUT2D eigenvalue weighted by molar-refractivity contribution is 7.92. The summed E-state index contributed by atoms with van der Waals surface area (Å²) in [6, 6.07) is 18.5. The molecule has 0 bridgehead atoms. The van der Waals surface area contributed by atoms with Gasteiger partial charge in [0.15, 0.2) is 5.11 Å². The molecule has 0 aliphatic carbocycles. The summed E-state index contributed by atoms with van der Waals surface area (Å²) in [5.74, 6) is 0.0503. The largest absolute Gasteiger partial charge is 0.490 e. The molecule has 7 nitrogen and oxygen atoms in total. The number of aryl methyl sites for hydroxylation is 2. The van der Waals surface area contributed by atoms with Gasteiger partial charge in [0.05, 0.1) is 22.3 Å². The van der Waals surface area contributed by atoms with Gasteiger partial charge >= 0.3 is 0 Å². The second-order valence-electron chi connectivity index (χ2n) is 8.02. The SMILES string of the molecule is Cc1ccc(NS(=O)(=O)c2ccc(NC(=S)NC(=O)c3ccccc3OC(C)C)cc2)c(C)c1. The minimum Gasteiger partial charge on any atom is -0.490 e. The van der Waals surface area contributed by atoms with Gasteiger partial charge in [-0.2, -0.15) is 0 Å². The Morgan fingerprint density at radius 1 is 0.971 bits per heavy atom. The quantitative estimate of drug-likeness (QED) is 0.397. The van der Waals surface area contributed by atoms with E-state index in [0.717, 1.165) is 11.1 Å². The van der Waals surface area contributed by atoms with Crippen LogP contribution in [-0.2, 0) is 10.0 Å². The zero-order valence-electron chi connectivity index (χ0n) is 19.4. The van der Waals surface area contributed by atoms with Crippen LogP contribution >= 0.6 is 12.2 Å². The van der Waals surface area contributed by atoms with Crippen molar-refractivity contribution in [3.8, 4) is 5.75 Å². The molecule has 0 atom stereocenters. The second-order valence-corrected chi connectivity index (χ2v) is 10.1. The Morgan fingerprint density at radius 2 is 1.65 bits per heavy atom. The molecule has 0 spiro atoms. The van der Waals surface area contributed by atoms with Crippen molar-refractivity contribution in [1.82, 2.24) is 5.32 Å². The minimum atomic E-state index is -3.76. The Bertz CT molecular complexity index is 1300. The molecule has 0 saturated heterocycles. The van der Waals surface area contributed by atoms with E-state index >= 15 is 0 Å². The van der Waals surface area contributed by atoms with Gasteiger partial charge in [0, 0.05) is 5.69 Å². The number of carbonyl (C=O) groups is 1.